The quantitative estimate of drug-likeness (QED) is 0.808. The average molecular weight is 348 g/mol. The van der Waals surface area contributed by atoms with Crippen LogP contribution in [0.2, 0.25) is 0 Å². The number of methoxy groups -OCH3 is 1. The van der Waals surface area contributed by atoms with Gasteiger partial charge in [-0.25, -0.2) is 17.9 Å². The van der Waals surface area contributed by atoms with Gasteiger partial charge in [-0.15, -0.1) is 0 Å². The predicted molar refractivity (Wildman–Crippen MR) is 92.6 cm³/mol. The number of hydrogen-bond donors (Lipinski definition) is 1. The normalized spacial score (nSPS) is 11.1. The Bertz CT molecular complexity index is 797. The number of ether oxygens (including phenoxy) is 1. The number of sulfonamides is 1. The molecule has 0 bridgehead atoms. The van der Waals surface area contributed by atoms with E-state index in [1.54, 1.807) is 0 Å². The molecule has 2 aromatic carbocycles. The van der Waals surface area contributed by atoms with Gasteiger partial charge in [0.05, 0.1) is 17.6 Å². The molecule has 0 unspecified atom stereocenters. The van der Waals surface area contributed by atoms with E-state index in [1.807, 2.05) is 43.3 Å². The molecular weight excluding hydrogens is 328 g/mol. The minimum Gasteiger partial charge on any atom is -0.465 e. The Balaban J connectivity index is 2.06. The number of esters is 1. The zero-order valence-corrected chi connectivity index (χ0v) is 14.6. The van der Waals surface area contributed by atoms with Crippen LogP contribution < -0.4 is 9.62 Å². The maximum absolute atomic E-state index is 12.3. The lowest BCUT2D eigenvalue weighted by Gasteiger charge is -2.13. The van der Waals surface area contributed by atoms with E-state index in [0.717, 1.165) is 11.3 Å². The van der Waals surface area contributed by atoms with Gasteiger partial charge in [0.1, 0.15) is 0 Å². The molecule has 0 heterocycles. The monoisotopic (exact) mass is 348 g/mol. The van der Waals surface area contributed by atoms with Gasteiger partial charge in [0.15, 0.2) is 0 Å². The van der Waals surface area contributed by atoms with Crippen LogP contribution in [0.25, 0.3) is 0 Å². The maximum Gasteiger partial charge on any atom is 0.337 e. The van der Waals surface area contributed by atoms with Crippen LogP contribution in [-0.4, -0.2) is 35.6 Å². The molecule has 0 aliphatic rings. The van der Waals surface area contributed by atoms with Crippen LogP contribution in [0.15, 0.2) is 53.4 Å². The minimum atomic E-state index is -3.65. The highest BCUT2D eigenvalue weighted by Crippen LogP contribution is 2.14. The molecule has 0 radical (unpaired) electrons. The lowest BCUT2D eigenvalue weighted by atomic mass is 10.2. The summed E-state index contributed by atoms with van der Waals surface area (Å²) in [6.07, 6.45) is 0. The van der Waals surface area contributed by atoms with Crippen LogP contribution in [0.3, 0.4) is 0 Å². The third-order valence-electron chi connectivity index (χ3n) is 3.50. The largest absolute Gasteiger partial charge is 0.465 e. The predicted octanol–water partition coefficient (Wildman–Crippen LogP) is 2.02. The van der Waals surface area contributed by atoms with Gasteiger partial charge < -0.3 is 9.64 Å². The van der Waals surface area contributed by atoms with Gasteiger partial charge in [-0.1, -0.05) is 12.1 Å². The molecule has 0 saturated carbocycles. The van der Waals surface area contributed by atoms with Gasteiger partial charge >= 0.3 is 5.97 Å². The number of hydrogen-bond acceptors (Lipinski definition) is 5. The number of rotatable bonds is 6. The molecule has 0 fully saturated rings. The van der Waals surface area contributed by atoms with Crippen molar-refractivity contribution in [2.24, 2.45) is 0 Å². The highest BCUT2D eigenvalue weighted by Gasteiger charge is 2.15. The molecule has 0 spiro atoms. The molecule has 6 nitrogen and oxygen atoms in total. The van der Waals surface area contributed by atoms with Crippen molar-refractivity contribution >= 4 is 21.7 Å². The lowest BCUT2D eigenvalue weighted by molar-refractivity contribution is 0.0600. The van der Waals surface area contributed by atoms with Crippen molar-refractivity contribution < 1.29 is 17.9 Å². The second-order valence-corrected chi connectivity index (χ2v) is 7.17. The van der Waals surface area contributed by atoms with Crippen LogP contribution in [-0.2, 0) is 21.3 Å². The first-order chi connectivity index (χ1) is 11.3. The van der Waals surface area contributed by atoms with E-state index < -0.39 is 16.0 Å². The summed E-state index contributed by atoms with van der Waals surface area (Å²) in [6.45, 7) is 0.189. The van der Waals surface area contributed by atoms with E-state index in [1.165, 1.54) is 31.4 Å². The fourth-order valence-corrected chi connectivity index (χ4v) is 3.08. The Morgan fingerprint density at radius 2 is 1.62 bits per heavy atom. The highest BCUT2D eigenvalue weighted by molar-refractivity contribution is 7.89. The van der Waals surface area contributed by atoms with Crippen LogP contribution in [0.4, 0.5) is 5.69 Å². The number of carbonyl (C=O) groups excluding carboxylic acids is 1. The number of benzene rings is 2. The summed E-state index contributed by atoms with van der Waals surface area (Å²) in [5.74, 6) is -0.507. The van der Waals surface area contributed by atoms with Crippen molar-refractivity contribution in [2.45, 2.75) is 11.4 Å². The summed E-state index contributed by atoms with van der Waals surface area (Å²) in [5, 5.41) is 0. The van der Waals surface area contributed by atoms with Gasteiger partial charge in [-0.05, 0) is 42.0 Å². The molecule has 0 aliphatic carbocycles. The van der Waals surface area contributed by atoms with Gasteiger partial charge in [-0.2, -0.15) is 0 Å². The van der Waals surface area contributed by atoms with Crippen molar-refractivity contribution in [1.82, 2.24) is 4.72 Å². The van der Waals surface area contributed by atoms with Gasteiger partial charge in [0, 0.05) is 26.3 Å². The van der Waals surface area contributed by atoms with Gasteiger partial charge in [-0.3, -0.25) is 0 Å². The van der Waals surface area contributed by atoms with Crippen LogP contribution >= 0.6 is 0 Å². The van der Waals surface area contributed by atoms with E-state index in [0.29, 0.717) is 5.56 Å². The standard InChI is InChI=1S/C17H20N2O4S/c1-19(2)15-8-4-13(5-9-15)12-18-24(21,22)16-10-6-14(7-11-16)17(20)23-3/h4-11,18H,12H2,1-3H3. The first-order valence-electron chi connectivity index (χ1n) is 7.28. The smallest absolute Gasteiger partial charge is 0.337 e. The summed E-state index contributed by atoms with van der Waals surface area (Å²) < 4.78 is 31.7. The zero-order valence-electron chi connectivity index (χ0n) is 13.8. The SMILES string of the molecule is COC(=O)c1ccc(S(=O)(=O)NCc2ccc(N(C)C)cc2)cc1. The molecule has 128 valence electrons. The second-order valence-electron chi connectivity index (χ2n) is 5.40. The molecule has 2 rings (SSSR count). The number of nitrogens with zero attached hydrogens (tertiary/aromatic N) is 1. The first-order valence-corrected chi connectivity index (χ1v) is 8.76. The Morgan fingerprint density at radius 3 is 2.12 bits per heavy atom. The topological polar surface area (TPSA) is 75.7 Å². The molecule has 2 aromatic rings. The van der Waals surface area contributed by atoms with Gasteiger partial charge in [0.25, 0.3) is 0 Å². The number of nitrogens with one attached hydrogen (secondary N) is 1. The summed E-state index contributed by atoms with van der Waals surface area (Å²) in [5.41, 5.74) is 2.20. The average Bonchev–Trinajstić information content (AvgIpc) is 2.59. The fourth-order valence-electron chi connectivity index (χ4n) is 2.06. The molecule has 0 aliphatic heterocycles. The third-order valence-corrected chi connectivity index (χ3v) is 4.92. The molecule has 1 N–H and O–H groups in total. The lowest BCUT2D eigenvalue weighted by Crippen LogP contribution is -2.23. The molecule has 24 heavy (non-hydrogen) atoms. The maximum atomic E-state index is 12.3. The molecule has 0 atom stereocenters. The Hall–Kier alpha value is -2.38. The number of anilines is 1. The van der Waals surface area contributed by atoms with Crippen molar-refractivity contribution in [3.05, 3.63) is 59.7 Å². The molecule has 0 amide bonds. The van der Waals surface area contributed by atoms with Crippen LogP contribution in [0.1, 0.15) is 15.9 Å². The Labute approximate surface area is 142 Å². The Morgan fingerprint density at radius 1 is 1.04 bits per heavy atom. The molecule has 7 heteroatoms. The highest BCUT2D eigenvalue weighted by atomic mass is 32.2. The van der Waals surface area contributed by atoms with E-state index in [4.69, 9.17) is 0 Å². The zero-order chi connectivity index (χ0) is 17.7. The fraction of sp³-hybridized carbons (Fsp3) is 0.235. The van der Waals surface area contributed by atoms with Crippen molar-refractivity contribution in [2.75, 3.05) is 26.1 Å². The Kier molecular flexibility index (Phi) is 5.58. The summed E-state index contributed by atoms with van der Waals surface area (Å²) >= 11 is 0. The van der Waals surface area contributed by atoms with Gasteiger partial charge in [0.2, 0.25) is 10.0 Å². The van der Waals surface area contributed by atoms with E-state index in [-0.39, 0.29) is 11.4 Å². The van der Waals surface area contributed by atoms with Crippen LogP contribution in [0.5, 0.6) is 0 Å². The van der Waals surface area contributed by atoms with E-state index >= 15 is 0 Å². The molecule has 0 aromatic heterocycles. The summed E-state index contributed by atoms with van der Waals surface area (Å²) in [7, 11) is 1.51. The number of carbonyl (C=O) groups is 1. The summed E-state index contributed by atoms with van der Waals surface area (Å²) in [4.78, 5) is 13.4. The van der Waals surface area contributed by atoms with E-state index in [2.05, 4.69) is 9.46 Å². The van der Waals surface area contributed by atoms with E-state index in [9.17, 15) is 13.2 Å². The minimum absolute atomic E-state index is 0.0973. The third kappa shape index (κ3) is 4.33. The van der Waals surface area contributed by atoms with Crippen LogP contribution in [0, 0.1) is 0 Å². The summed E-state index contributed by atoms with van der Waals surface area (Å²) in [6, 6.07) is 13.2. The molecular formula is C17H20N2O4S. The van der Waals surface area contributed by atoms with Crippen molar-refractivity contribution in [3.8, 4) is 0 Å². The van der Waals surface area contributed by atoms with Crippen molar-refractivity contribution in [1.29, 1.82) is 0 Å². The van der Waals surface area contributed by atoms with Crippen molar-refractivity contribution in [3.63, 3.8) is 0 Å². The molecule has 0 saturated heterocycles. The second kappa shape index (κ2) is 7.46. The first kappa shape index (κ1) is 18.0.